The predicted octanol–water partition coefficient (Wildman–Crippen LogP) is 4.65. The number of piperidine rings is 1. The molecule has 2 aromatic carbocycles. The highest BCUT2D eigenvalue weighted by molar-refractivity contribution is 7.89. The number of nitrogens with one attached hydrogen (secondary N) is 1. The molecule has 0 aliphatic carbocycles. The van der Waals surface area contributed by atoms with Gasteiger partial charge in [-0.15, -0.1) is 0 Å². The molecular formula is C22H26ClFN2O4S. The number of sulfonamides is 1. The molecule has 1 saturated heterocycles. The molecule has 1 aliphatic heterocycles. The summed E-state index contributed by atoms with van der Waals surface area (Å²) in [6, 6.07) is 9.17. The van der Waals surface area contributed by atoms with Gasteiger partial charge in [-0.1, -0.05) is 31.5 Å². The van der Waals surface area contributed by atoms with E-state index in [1.54, 1.807) is 12.1 Å². The minimum atomic E-state index is -3.76. The molecule has 0 aromatic heterocycles. The highest BCUT2D eigenvalue weighted by Crippen LogP contribution is 2.32. The second-order valence-corrected chi connectivity index (χ2v) is 10.2. The molecule has 0 spiro atoms. The van der Waals surface area contributed by atoms with E-state index in [2.05, 4.69) is 5.32 Å². The predicted molar refractivity (Wildman–Crippen MR) is 119 cm³/mol. The molecule has 0 bridgehead atoms. The lowest BCUT2D eigenvalue weighted by Crippen LogP contribution is -2.41. The number of amides is 1. The Bertz CT molecular complexity index is 1070. The van der Waals surface area contributed by atoms with Crippen LogP contribution in [-0.4, -0.2) is 38.8 Å². The van der Waals surface area contributed by atoms with E-state index >= 15 is 0 Å². The average molecular weight is 469 g/mol. The number of hydrogen-bond acceptors (Lipinski definition) is 4. The first-order valence-electron chi connectivity index (χ1n) is 10.1. The number of carbonyl (C=O) groups is 1. The summed E-state index contributed by atoms with van der Waals surface area (Å²) in [5.74, 6) is -0.667. The monoisotopic (exact) mass is 468 g/mol. The summed E-state index contributed by atoms with van der Waals surface area (Å²) in [5, 5.41) is 2.65. The summed E-state index contributed by atoms with van der Waals surface area (Å²) in [4.78, 5) is 12.7. The number of rotatable bonds is 6. The van der Waals surface area contributed by atoms with Crippen LogP contribution < -0.4 is 10.1 Å². The lowest BCUT2D eigenvalue weighted by molar-refractivity contribution is -0.120. The quantitative estimate of drug-likeness (QED) is 0.669. The van der Waals surface area contributed by atoms with Crippen molar-refractivity contribution in [1.82, 2.24) is 4.31 Å². The normalized spacial score (nSPS) is 15.8. The molecule has 3 rings (SSSR count). The van der Waals surface area contributed by atoms with Gasteiger partial charge in [-0.05, 0) is 54.7 Å². The molecule has 2 aromatic rings. The molecule has 0 saturated carbocycles. The summed E-state index contributed by atoms with van der Waals surface area (Å²) in [6.07, 6.45) is 0.762. The smallest absolute Gasteiger partial charge is 0.246 e. The first-order valence-corrected chi connectivity index (χ1v) is 11.9. The van der Waals surface area contributed by atoms with Crippen LogP contribution in [0.1, 0.15) is 38.2 Å². The molecule has 6 nitrogen and oxygen atoms in total. The Morgan fingerprint density at radius 1 is 1.19 bits per heavy atom. The highest BCUT2D eigenvalue weighted by Gasteiger charge is 2.34. The van der Waals surface area contributed by atoms with Crippen LogP contribution in [0.15, 0.2) is 41.3 Å². The van der Waals surface area contributed by atoms with Crippen molar-refractivity contribution in [3.05, 3.63) is 52.8 Å². The van der Waals surface area contributed by atoms with E-state index in [0.717, 1.165) is 5.56 Å². The number of anilines is 1. The van der Waals surface area contributed by atoms with Gasteiger partial charge in [0.05, 0.1) is 12.1 Å². The summed E-state index contributed by atoms with van der Waals surface area (Å²) < 4.78 is 46.5. The summed E-state index contributed by atoms with van der Waals surface area (Å²) >= 11 is 5.76. The van der Waals surface area contributed by atoms with Crippen molar-refractivity contribution < 1.29 is 22.3 Å². The Kier molecular flexibility index (Phi) is 7.24. The van der Waals surface area contributed by atoms with Crippen LogP contribution in [0, 0.1) is 11.7 Å². The minimum Gasteiger partial charge on any atom is -0.495 e. The number of ether oxygens (including phenoxy) is 1. The maximum absolute atomic E-state index is 13.3. The molecule has 1 amide bonds. The van der Waals surface area contributed by atoms with Crippen molar-refractivity contribution >= 4 is 33.2 Å². The van der Waals surface area contributed by atoms with Crippen molar-refractivity contribution in [1.29, 1.82) is 0 Å². The molecule has 1 N–H and O–H groups in total. The fourth-order valence-corrected chi connectivity index (χ4v) is 5.41. The molecule has 9 heteroatoms. The number of halogens is 2. The zero-order chi connectivity index (χ0) is 22.8. The average Bonchev–Trinajstić information content (AvgIpc) is 2.75. The molecule has 168 valence electrons. The van der Waals surface area contributed by atoms with Gasteiger partial charge in [0, 0.05) is 24.7 Å². The van der Waals surface area contributed by atoms with Crippen LogP contribution in [0.5, 0.6) is 5.75 Å². The van der Waals surface area contributed by atoms with Gasteiger partial charge in [-0.25, -0.2) is 12.8 Å². The van der Waals surface area contributed by atoms with Crippen LogP contribution in [-0.2, 0) is 14.8 Å². The molecular weight excluding hydrogens is 443 g/mol. The van der Waals surface area contributed by atoms with Crippen LogP contribution in [0.4, 0.5) is 10.1 Å². The zero-order valence-electron chi connectivity index (χ0n) is 17.7. The second kappa shape index (κ2) is 9.54. The zero-order valence-corrected chi connectivity index (χ0v) is 19.3. The standard InChI is InChI=1S/C22H26ClFN2O4S/c1-14(2)16-4-7-20(30-3)21(12-16)31(28,29)26-10-8-15(9-11-26)22(27)25-17-5-6-19(24)18(23)13-17/h4-7,12-15H,8-11H2,1-3H3,(H,25,27). The van der Waals surface area contributed by atoms with Crippen LogP contribution in [0.3, 0.4) is 0 Å². The highest BCUT2D eigenvalue weighted by atomic mass is 35.5. The third-order valence-corrected chi connectivity index (χ3v) is 7.69. The van der Waals surface area contributed by atoms with Gasteiger partial charge in [-0.2, -0.15) is 4.31 Å². The van der Waals surface area contributed by atoms with E-state index in [-0.39, 0.29) is 40.8 Å². The van der Waals surface area contributed by atoms with Crippen molar-refractivity contribution in [3.8, 4) is 5.75 Å². The van der Waals surface area contributed by atoms with E-state index in [1.807, 2.05) is 19.9 Å². The van der Waals surface area contributed by atoms with E-state index in [1.165, 1.54) is 29.6 Å². The maximum Gasteiger partial charge on any atom is 0.246 e. The lowest BCUT2D eigenvalue weighted by Gasteiger charge is -2.31. The second-order valence-electron chi connectivity index (χ2n) is 7.86. The first kappa shape index (κ1) is 23.5. The molecule has 0 radical (unpaired) electrons. The molecule has 0 atom stereocenters. The Hall–Kier alpha value is -2.16. The largest absolute Gasteiger partial charge is 0.495 e. The molecule has 0 unspecified atom stereocenters. The molecule has 1 heterocycles. The lowest BCUT2D eigenvalue weighted by atomic mass is 9.97. The minimum absolute atomic E-state index is 0.0729. The number of methoxy groups -OCH3 is 1. The Labute approximate surface area is 187 Å². The topological polar surface area (TPSA) is 75.7 Å². The van der Waals surface area contributed by atoms with Crippen LogP contribution in [0.2, 0.25) is 5.02 Å². The fraction of sp³-hybridized carbons (Fsp3) is 0.409. The van der Waals surface area contributed by atoms with Crippen LogP contribution in [0.25, 0.3) is 0 Å². The van der Waals surface area contributed by atoms with Gasteiger partial charge in [0.15, 0.2) is 0 Å². The Balaban J connectivity index is 1.70. The number of hydrogen-bond donors (Lipinski definition) is 1. The number of carbonyl (C=O) groups excluding carboxylic acids is 1. The third-order valence-electron chi connectivity index (χ3n) is 5.48. The fourth-order valence-electron chi connectivity index (χ4n) is 3.57. The Morgan fingerprint density at radius 2 is 1.87 bits per heavy atom. The van der Waals surface area contributed by atoms with E-state index in [9.17, 15) is 17.6 Å². The van der Waals surface area contributed by atoms with Crippen LogP contribution >= 0.6 is 11.6 Å². The maximum atomic E-state index is 13.3. The van der Waals surface area contributed by atoms with Crippen molar-refractivity contribution in [2.45, 2.75) is 37.5 Å². The van der Waals surface area contributed by atoms with E-state index < -0.39 is 15.8 Å². The third kappa shape index (κ3) is 5.19. The summed E-state index contributed by atoms with van der Waals surface area (Å²) in [6.45, 7) is 4.44. The van der Waals surface area contributed by atoms with Gasteiger partial charge >= 0.3 is 0 Å². The number of nitrogens with zero attached hydrogens (tertiary/aromatic N) is 1. The van der Waals surface area contributed by atoms with Gasteiger partial charge in [0.2, 0.25) is 15.9 Å². The van der Waals surface area contributed by atoms with Gasteiger partial charge < -0.3 is 10.1 Å². The van der Waals surface area contributed by atoms with E-state index in [4.69, 9.17) is 16.3 Å². The van der Waals surface area contributed by atoms with Gasteiger partial charge in [0.25, 0.3) is 0 Å². The molecule has 1 aliphatic rings. The number of benzene rings is 2. The van der Waals surface area contributed by atoms with Crippen molar-refractivity contribution in [2.75, 3.05) is 25.5 Å². The summed E-state index contributed by atoms with van der Waals surface area (Å²) in [7, 11) is -2.32. The van der Waals surface area contributed by atoms with Crippen molar-refractivity contribution in [3.63, 3.8) is 0 Å². The SMILES string of the molecule is COc1ccc(C(C)C)cc1S(=O)(=O)N1CCC(C(=O)Nc2ccc(F)c(Cl)c2)CC1. The van der Waals surface area contributed by atoms with Gasteiger partial charge in [0.1, 0.15) is 16.5 Å². The van der Waals surface area contributed by atoms with Crippen molar-refractivity contribution in [2.24, 2.45) is 5.92 Å². The first-order chi connectivity index (χ1) is 14.6. The molecule has 31 heavy (non-hydrogen) atoms. The molecule has 1 fully saturated rings. The van der Waals surface area contributed by atoms with Gasteiger partial charge in [-0.3, -0.25) is 4.79 Å². The summed E-state index contributed by atoms with van der Waals surface area (Å²) in [5.41, 5.74) is 1.31. The Morgan fingerprint density at radius 3 is 2.45 bits per heavy atom. The van der Waals surface area contributed by atoms with E-state index in [0.29, 0.717) is 24.3 Å².